The van der Waals surface area contributed by atoms with Gasteiger partial charge in [0.15, 0.2) is 0 Å². The van der Waals surface area contributed by atoms with Crippen LogP contribution in [0.1, 0.15) is 79.2 Å². The Kier molecular flexibility index (Phi) is 9.47. The lowest BCUT2D eigenvalue weighted by atomic mass is 9.73. The van der Waals surface area contributed by atoms with E-state index in [9.17, 15) is 5.26 Å². The number of nitrogen functional groups attached to an aromatic ring is 1. The lowest BCUT2D eigenvalue weighted by Gasteiger charge is -2.31. The summed E-state index contributed by atoms with van der Waals surface area (Å²) in [5.74, 6) is 1.85. The van der Waals surface area contributed by atoms with Gasteiger partial charge in [0, 0.05) is 0 Å². The second-order valence-electron chi connectivity index (χ2n) is 11.2. The Bertz CT molecular complexity index is 1460. The largest absolute Gasteiger partial charge is 0.494 e. The van der Waals surface area contributed by atoms with Crippen LogP contribution >= 0.6 is 0 Å². The molecule has 0 unspecified atom stereocenters. The zero-order valence-electron chi connectivity index (χ0n) is 24.3. The van der Waals surface area contributed by atoms with Crippen LogP contribution in [-0.4, -0.2) is 13.2 Å². The molecular weight excluding hydrogens is 504 g/mol. The van der Waals surface area contributed by atoms with Crippen molar-refractivity contribution in [3.8, 4) is 39.8 Å². The van der Waals surface area contributed by atoms with Gasteiger partial charge in [0.1, 0.15) is 17.6 Å². The van der Waals surface area contributed by atoms with E-state index in [1.54, 1.807) is 0 Å². The summed E-state index contributed by atoms with van der Waals surface area (Å²) in [6.07, 6.45) is 16.2. The van der Waals surface area contributed by atoms with Gasteiger partial charge < -0.3 is 15.2 Å². The number of aryl methyl sites for hydroxylation is 2. The highest BCUT2D eigenvalue weighted by Crippen LogP contribution is 2.50. The number of fused-ring (bicyclic) bond motifs is 7. The van der Waals surface area contributed by atoms with Crippen LogP contribution in [0.4, 0.5) is 5.69 Å². The zero-order valence-corrected chi connectivity index (χ0v) is 24.3. The molecule has 0 saturated heterocycles. The van der Waals surface area contributed by atoms with Crippen molar-refractivity contribution in [2.75, 3.05) is 18.9 Å². The topological polar surface area (TPSA) is 68.3 Å². The van der Waals surface area contributed by atoms with Crippen LogP contribution in [0.25, 0.3) is 22.3 Å². The number of nitriles is 1. The van der Waals surface area contributed by atoms with Gasteiger partial charge in [-0.1, -0.05) is 24.3 Å². The third-order valence-electron chi connectivity index (χ3n) is 8.48. The van der Waals surface area contributed by atoms with Crippen molar-refractivity contribution in [2.24, 2.45) is 0 Å². The van der Waals surface area contributed by atoms with Crippen LogP contribution in [0.5, 0.6) is 11.5 Å². The van der Waals surface area contributed by atoms with E-state index >= 15 is 0 Å². The van der Waals surface area contributed by atoms with Gasteiger partial charge in [-0.25, -0.2) is 0 Å². The Labute approximate surface area is 245 Å². The fourth-order valence-corrected chi connectivity index (χ4v) is 6.36. The summed E-state index contributed by atoms with van der Waals surface area (Å²) in [5, 5.41) is 10.1. The van der Waals surface area contributed by atoms with E-state index in [2.05, 4.69) is 55.6 Å². The Morgan fingerprint density at radius 1 is 0.707 bits per heavy atom. The van der Waals surface area contributed by atoms with Gasteiger partial charge in [0.2, 0.25) is 0 Å². The summed E-state index contributed by atoms with van der Waals surface area (Å²) in [6.45, 7) is 9.05. The summed E-state index contributed by atoms with van der Waals surface area (Å²) in [5.41, 5.74) is 17.6. The van der Waals surface area contributed by atoms with Crippen LogP contribution in [-0.2, 0) is 25.7 Å². The minimum Gasteiger partial charge on any atom is -0.494 e. The highest BCUT2D eigenvalue weighted by molar-refractivity contribution is 5.97. The summed E-state index contributed by atoms with van der Waals surface area (Å²) >= 11 is 0. The first-order valence-electron chi connectivity index (χ1n) is 15.3. The molecule has 0 aromatic heterocycles. The van der Waals surface area contributed by atoms with Crippen molar-refractivity contribution in [2.45, 2.75) is 77.0 Å². The second-order valence-corrected chi connectivity index (χ2v) is 11.2. The van der Waals surface area contributed by atoms with E-state index in [4.69, 9.17) is 15.2 Å². The number of benzene rings is 3. The molecule has 0 radical (unpaired) electrons. The lowest BCUT2D eigenvalue weighted by Crippen LogP contribution is -2.16. The minimum absolute atomic E-state index is 0.657. The van der Waals surface area contributed by atoms with E-state index in [1.807, 2.05) is 12.2 Å². The quantitative estimate of drug-likeness (QED) is 0.124. The number of unbranched alkanes of at least 4 members (excludes halogenated alkanes) is 6. The molecule has 0 atom stereocenters. The molecule has 5 rings (SSSR count). The van der Waals surface area contributed by atoms with Crippen molar-refractivity contribution >= 4 is 5.69 Å². The van der Waals surface area contributed by atoms with Crippen LogP contribution in [0.2, 0.25) is 0 Å². The molecule has 2 aliphatic carbocycles. The number of nitrogens with two attached hydrogens (primary N) is 1. The lowest BCUT2D eigenvalue weighted by molar-refractivity contribution is 0.305. The van der Waals surface area contributed by atoms with Gasteiger partial charge in [-0.15, -0.1) is 13.2 Å². The molecule has 3 aromatic rings. The maximum Gasteiger partial charge on any atom is 0.119 e. The fourth-order valence-electron chi connectivity index (χ4n) is 6.36. The first-order valence-corrected chi connectivity index (χ1v) is 15.3. The van der Waals surface area contributed by atoms with Gasteiger partial charge in [-0.3, -0.25) is 0 Å². The maximum atomic E-state index is 10.1. The van der Waals surface area contributed by atoms with E-state index in [-0.39, 0.29) is 0 Å². The smallest absolute Gasteiger partial charge is 0.119 e. The summed E-state index contributed by atoms with van der Waals surface area (Å²) < 4.78 is 12.3. The average Bonchev–Trinajstić information content (AvgIpc) is 3.00. The summed E-state index contributed by atoms with van der Waals surface area (Å²) in [6, 6.07) is 15.4. The van der Waals surface area contributed by atoms with Gasteiger partial charge in [0.25, 0.3) is 0 Å². The summed E-state index contributed by atoms with van der Waals surface area (Å²) in [7, 11) is 0. The molecule has 0 aliphatic heterocycles. The molecule has 0 saturated carbocycles. The number of ether oxygens (including phenoxy) is 2. The number of rotatable bonds is 14. The first-order chi connectivity index (χ1) is 20.2. The van der Waals surface area contributed by atoms with E-state index < -0.39 is 0 Å². The van der Waals surface area contributed by atoms with Gasteiger partial charge in [-0.05, 0) is 146 Å². The van der Waals surface area contributed by atoms with Crippen LogP contribution in [0.15, 0.2) is 61.7 Å². The number of allylic oxidation sites excluding steroid dienone is 2. The molecule has 2 N–H and O–H groups in total. The predicted octanol–water partition coefficient (Wildman–Crippen LogP) is 8.92. The van der Waals surface area contributed by atoms with Crippen molar-refractivity contribution in [1.29, 1.82) is 5.26 Å². The molecule has 41 heavy (non-hydrogen) atoms. The molecule has 2 aliphatic rings. The number of anilines is 1. The Morgan fingerprint density at radius 3 is 1.73 bits per heavy atom. The molecule has 4 nitrogen and oxygen atoms in total. The normalized spacial score (nSPS) is 12.8. The first kappa shape index (κ1) is 28.6. The molecule has 4 heteroatoms. The minimum atomic E-state index is 0.657. The standard InChI is InChI=1S/C37H42N2O2/c1-3-5-7-9-11-21-40-28-15-19-30-26(23-28)13-17-32-34(25-38)37(39)33-18-14-27-24-29(41-22-12-10-8-6-4-2)16-20-31(27)36(33)35(30)32/h3-4,15-16,19-20,23-24H,1-2,5-14,17-18,21-22,39H2. The van der Waals surface area contributed by atoms with Crippen molar-refractivity contribution in [3.63, 3.8) is 0 Å². The third kappa shape index (κ3) is 6.20. The highest BCUT2D eigenvalue weighted by atomic mass is 16.5. The Morgan fingerprint density at radius 2 is 1.22 bits per heavy atom. The molecule has 0 bridgehead atoms. The highest BCUT2D eigenvalue weighted by Gasteiger charge is 2.31. The molecule has 0 fully saturated rings. The van der Waals surface area contributed by atoms with Gasteiger partial charge in [-0.2, -0.15) is 5.26 Å². The third-order valence-corrected chi connectivity index (χ3v) is 8.48. The zero-order chi connectivity index (χ0) is 28.6. The van der Waals surface area contributed by atoms with Gasteiger partial charge >= 0.3 is 0 Å². The second kappa shape index (κ2) is 13.6. The van der Waals surface area contributed by atoms with Crippen LogP contribution in [0.3, 0.4) is 0 Å². The maximum absolute atomic E-state index is 10.1. The SMILES string of the molecule is C=CCCCCCOc1ccc2c(c1)CCc1c(N)c(C#N)c3c(c1-2)-c1ccc(OCCCCCC=C)cc1CC3. The Hall–Kier alpha value is -3.97. The Balaban J connectivity index is 1.43. The van der Waals surface area contributed by atoms with E-state index in [0.29, 0.717) is 11.3 Å². The van der Waals surface area contributed by atoms with Crippen molar-refractivity contribution in [1.82, 2.24) is 0 Å². The monoisotopic (exact) mass is 546 g/mol. The number of nitrogens with zero attached hydrogens (tertiary/aromatic N) is 1. The molecule has 212 valence electrons. The molecule has 3 aromatic carbocycles. The van der Waals surface area contributed by atoms with E-state index in [0.717, 1.165) is 113 Å². The van der Waals surface area contributed by atoms with Crippen molar-refractivity contribution in [3.05, 3.63) is 89.5 Å². The fraction of sp³-hybridized carbons (Fsp3) is 0.378. The van der Waals surface area contributed by atoms with Crippen molar-refractivity contribution < 1.29 is 9.47 Å². The van der Waals surface area contributed by atoms with E-state index in [1.165, 1.54) is 33.4 Å². The number of hydrogen-bond donors (Lipinski definition) is 1. The average molecular weight is 547 g/mol. The van der Waals surface area contributed by atoms with Crippen LogP contribution in [0, 0.1) is 11.3 Å². The van der Waals surface area contributed by atoms with Gasteiger partial charge in [0.05, 0.1) is 24.5 Å². The molecule has 0 spiro atoms. The molecule has 0 heterocycles. The predicted molar refractivity (Wildman–Crippen MR) is 170 cm³/mol. The van der Waals surface area contributed by atoms with Crippen LogP contribution < -0.4 is 15.2 Å². The summed E-state index contributed by atoms with van der Waals surface area (Å²) in [4.78, 5) is 0. The number of hydrogen-bond acceptors (Lipinski definition) is 4. The molecular formula is C37H42N2O2. The molecule has 0 amide bonds.